The van der Waals surface area contributed by atoms with Crippen molar-refractivity contribution < 1.29 is 18.7 Å². The maximum atomic E-state index is 14.4. The summed E-state index contributed by atoms with van der Waals surface area (Å²) in [5.41, 5.74) is -0.501. The Hall–Kier alpha value is -2.07. The quantitative estimate of drug-likeness (QED) is 0.388. The minimum absolute atomic E-state index is 0.0593. The molecule has 0 N–H and O–H groups in total. The second kappa shape index (κ2) is 8.97. The van der Waals surface area contributed by atoms with Gasteiger partial charge in [-0.1, -0.05) is 53.0 Å². The number of nitrogens with zero attached hydrogens (tertiary/aromatic N) is 1. The molecule has 0 amide bonds. The van der Waals surface area contributed by atoms with E-state index in [0.717, 1.165) is 4.47 Å². The number of hydrogen-bond donors (Lipinski definition) is 0. The van der Waals surface area contributed by atoms with Gasteiger partial charge in [-0.05, 0) is 59.9 Å². The zero-order chi connectivity index (χ0) is 22.1. The molecular formula is C22H17BrCl2FNO3. The number of hydrogen-bond acceptors (Lipinski definition) is 4. The van der Waals surface area contributed by atoms with Crippen LogP contribution in [0.4, 0.5) is 4.39 Å². The van der Waals surface area contributed by atoms with Gasteiger partial charge in [-0.15, -0.1) is 0 Å². The molecule has 156 valence electrons. The zero-order valence-corrected chi connectivity index (χ0v) is 19.1. The Morgan fingerprint density at radius 1 is 1.23 bits per heavy atom. The molecule has 30 heavy (non-hydrogen) atoms. The third-order valence-corrected chi connectivity index (χ3v) is 5.90. The first-order valence-corrected chi connectivity index (χ1v) is 10.5. The molecule has 0 aliphatic heterocycles. The van der Waals surface area contributed by atoms with Gasteiger partial charge in [0, 0.05) is 10.0 Å². The second-order valence-electron chi connectivity index (χ2n) is 7.47. The summed E-state index contributed by atoms with van der Waals surface area (Å²) in [5, 5.41) is 9.51. The van der Waals surface area contributed by atoms with E-state index in [0.29, 0.717) is 11.5 Å². The Labute approximate surface area is 192 Å². The fraction of sp³-hybridized carbons (Fsp3) is 0.273. The Balaban J connectivity index is 1.78. The van der Waals surface area contributed by atoms with Crippen LogP contribution in [-0.4, -0.2) is 5.97 Å². The molecule has 3 atom stereocenters. The van der Waals surface area contributed by atoms with Crippen LogP contribution in [0.2, 0.25) is 0 Å². The Morgan fingerprint density at radius 3 is 2.47 bits per heavy atom. The van der Waals surface area contributed by atoms with E-state index in [1.807, 2.05) is 19.9 Å². The molecule has 4 nitrogen and oxygen atoms in total. The van der Waals surface area contributed by atoms with Crippen molar-refractivity contribution in [2.45, 2.75) is 20.0 Å². The van der Waals surface area contributed by atoms with Crippen LogP contribution in [0.25, 0.3) is 0 Å². The van der Waals surface area contributed by atoms with E-state index in [4.69, 9.17) is 32.7 Å². The van der Waals surface area contributed by atoms with E-state index < -0.39 is 29.2 Å². The predicted octanol–water partition coefficient (Wildman–Crippen LogP) is 7.08. The molecule has 0 bridgehead atoms. The highest BCUT2D eigenvalue weighted by Gasteiger charge is 2.62. The molecule has 1 aliphatic rings. The van der Waals surface area contributed by atoms with E-state index >= 15 is 0 Å². The average molecular weight is 513 g/mol. The van der Waals surface area contributed by atoms with Gasteiger partial charge in [0.15, 0.2) is 0 Å². The standard InChI is InChI=1S/C22H17BrCl2FNO3/c1-22(2)16(10-19(24)25)20(22)21(28)30-18(11-27)15-9-14(7-8-17(15)26)29-13-5-3-12(23)4-6-13/h3-10,16,18,20H,1-2H3. The van der Waals surface area contributed by atoms with Gasteiger partial charge >= 0.3 is 5.97 Å². The number of allylic oxidation sites excluding steroid dienone is 1. The Morgan fingerprint density at radius 2 is 1.87 bits per heavy atom. The summed E-state index contributed by atoms with van der Waals surface area (Å²) >= 11 is 14.8. The summed E-state index contributed by atoms with van der Waals surface area (Å²) in [6.07, 6.45) is 0.155. The van der Waals surface area contributed by atoms with Crippen molar-refractivity contribution in [3.8, 4) is 17.6 Å². The molecule has 2 aromatic carbocycles. The van der Waals surface area contributed by atoms with E-state index in [1.54, 1.807) is 30.3 Å². The van der Waals surface area contributed by atoms with Crippen LogP contribution < -0.4 is 4.74 Å². The monoisotopic (exact) mass is 511 g/mol. The normalized spacial score (nSPS) is 19.9. The number of rotatable bonds is 6. The first-order chi connectivity index (χ1) is 14.1. The van der Waals surface area contributed by atoms with Gasteiger partial charge in [0.2, 0.25) is 6.10 Å². The first kappa shape index (κ1) is 22.6. The van der Waals surface area contributed by atoms with Crippen molar-refractivity contribution in [1.29, 1.82) is 5.26 Å². The molecule has 3 rings (SSSR count). The third kappa shape index (κ3) is 4.97. The van der Waals surface area contributed by atoms with Crippen LogP contribution in [0.5, 0.6) is 11.5 Å². The molecule has 0 heterocycles. The number of nitriles is 1. The average Bonchev–Trinajstić information content (AvgIpc) is 3.22. The molecule has 1 fully saturated rings. The van der Waals surface area contributed by atoms with Gasteiger partial charge < -0.3 is 9.47 Å². The minimum Gasteiger partial charge on any atom is -0.457 e. The van der Waals surface area contributed by atoms with Crippen molar-refractivity contribution in [2.75, 3.05) is 0 Å². The molecule has 8 heteroatoms. The summed E-state index contributed by atoms with van der Waals surface area (Å²) < 4.78 is 26.4. The number of ether oxygens (including phenoxy) is 2. The number of esters is 1. The molecule has 3 unspecified atom stereocenters. The molecule has 1 saturated carbocycles. The van der Waals surface area contributed by atoms with Crippen molar-refractivity contribution in [2.24, 2.45) is 17.3 Å². The minimum atomic E-state index is -1.42. The lowest BCUT2D eigenvalue weighted by molar-refractivity contribution is -0.149. The van der Waals surface area contributed by atoms with Crippen LogP contribution >= 0.6 is 39.1 Å². The van der Waals surface area contributed by atoms with Crippen LogP contribution in [0.1, 0.15) is 25.5 Å². The predicted molar refractivity (Wildman–Crippen MR) is 116 cm³/mol. The first-order valence-electron chi connectivity index (χ1n) is 8.99. The molecule has 0 saturated heterocycles. The molecular weight excluding hydrogens is 496 g/mol. The van der Waals surface area contributed by atoms with Gasteiger partial charge in [-0.2, -0.15) is 5.26 Å². The number of carbonyl (C=O) groups excluding carboxylic acids is 1. The van der Waals surface area contributed by atoms with Gasteiger partial charge in [0.1, 0.15) is 27.9 Å². The third-order valence-electron chi connectivity index (χ3n) is 5.12. The van der Waals surface area contributed by atoms with Crippen LogP contribution in [-0.2, 0) is 9.53 Å². The number of carbonyl (C=O) groups is 1. The Kier molecular flexibility index (Phi) is 6.76. The van der Waals surface area contributed by atoms with E-state index in [9.17, 15) is 14.4 Å². The van der Waals surface area contributed by atoms with E-state index in [1.165, 1.54) is 18.2 Å². The maximum absolute atomic E-state index is 14.4. The Bertz CT molecular complexity index is 1030. The van der Waals surface area contributed by atoms with Crippen molar-refractivity contribution >= 4 is 45.1 Å². The molecule has 0 spiro atoms. The molecule has 1 aliphatic carbocycles. The summed E-state index contributed by atoms with van der Waals surface area (Å²) in [6, 6.07) is 12.9. The largest absolute Gasteiger partial charge is 0.457 e. The second-order valence-corrected chi connectivity index (χ2v) is 9.39. The van der Waals surface area contributed by atoms with Gasteiger partial charge in [-0.3, -0.25) is 4.79 Å². The molecule has 0 aromatic heterocycles. The summed E-state index contributed by atoms with van der Waals surface area (Å²) in [5.74, 6) is -1.17. The van der Waals surface area contributed by atoms with Gasteiger partial charge in [0.25, 0.3) is 0 Å². The lowest BCUT2D eigenvalue weighted by Crippen LogP contribution is -2.15. The highest BCUT2D eigenvalue weighted by Crippen LogP contribution is 2.60. The van der Waals surface area contributed by atoms with Crippen molar-refractivity contribution in [3.63, 3.8) is 0 Å². The fourth-order valence-corrected chi connectivity index (χ4v) is 3.88. The van der Waals surface area contributed by atoms with Gasteiger partial charge in [0.05, 0.1) is 5.92 Å². The lowest BCUT2D eigenvalue weighted by atomic mass is 10.1. The topological polar surface area (TPSA) is 59.3 Å². The summed E-state index contributed by atoms with van der Waals surface area (Å²) in [7, 11) is 0. The highest BCUT2D eigenvalue weighted by atomic mass is 79.9. The number of halogens is 4. The number of benzene rings is 2. The van der Waals surface area contributed by atoms with Crippen LogP contribution in [0.3, 0.4) is 0 Å². The molecule has 0 radical (unpaired) electrons. The zero-order valence-electron chi connectivity index (χ0n) is 16.0. The SMILES string of the molecule is CC1(C)C(C=C(Cl)Cl)C1C(=O)OC(C#N)c1cc(Oc2ccc(Br)cc2)ccc1F. The fourth-order valence-electron chi connectivity index (χ4n) is 3.35. The lowest BCUT2D eigenvalue weighted by Gasteiger charge is -2.14. The van der Waals surface area contributed by atoms with Crippen LogP contribution in [0.15, 0.2) is 57.5 Å². The summed E-state index contributed by atoms with van der Waals surface area (Å²) in [6.45, 7) is 3.73. The highest BCUT2D eigenvalue weighted by molar-refractivity contribution is 9.10. The van der Waals surface area contributed by atoms with E-state index in [2.05, 4.69) is 15.9 Å². The van der Waals surface area contributed by atoms with Gasteiger partial charge in [-0.25, -0.2) is 4.39 Å². The van der Waals surface area contributed by atoms with Crippen molar-refractivity contribution in [3.05, 3.63) is 68.9 Å². The molecule has 2 aromatic rings. The van der Waals surface area contributed by atoms with Crippen LogP contribution in [0, 0.1) is 34.4 Å². The summed E-state index contributed by atoms with van der Waals surface area (Å²) in [4.78, 5) is 12.6. The van der Waals surface area contributed by atoms with Crippen molar-refractivity contribution in [1.82, 2.24) is 0 Å². The van der Waals surface area contributed by atoms with E-state index in [-0.39, 0.29) is 16.0 Å². The maximum Gasteiger partial charge on any atom is 0.311 e. The smallest absolute Gasteiger partial charge is 0.311 e.